The molecule has 4 nitrogen and oxygen atoms in total. The molecule has 1 aromatic rings. The van der Waals surface area contributed by atoms with Crippen LogP contribution in [0.3, 0.4) is 0 Å². The minimum atomic E-state index is -0.557. The third-order valence-electron chi connectivity index (χ3n) is 4.15. The van der Waals surface area contributed by atoms with Crippen LogP contribution >= 0.6 is 12.2 Å². The lowest BCUT2D eigenvalue weighted by atomic mass is 9.83. The van der Waals surface area contributed by atoms with Crippen LogP contribution in [0, 0.1) is 6.92 Å². The largest absolute Gasteiger partial charge is 0.391 e. The van der Waals surface area contributed by atoms with Gasteiger partial charge in [0.2, 0.25) is 0 Å². The number of aromatic nitrogens is 1. The molecule has 0 bridgehead atoms. The van der Waals surface area contributed by atoms with E-state index in [1.165, 1.54) is 19.3 Å². The Morgan fingerprint density at radius 2 is 1.86 bits per heavy atom. The van der Waals surface area contributed by atoms with Gasteiger partial charge in [0.1, 0.15) is 5.69 Å². The van der Waals surface area contributed by atoms with Crippen molar-refractivity contribution in [2.45, 2.75) is 57.4 Å². The Morgan fingerprint density at radius 1 is 1.24 bits per heavy atom. The van der Waals surface area contributed by atoms with Gasteiger partial charge in [-0.15, -0.1) is 0 Å². The number of aryl methyl sites for hydroxylation is 1. The summed E-state index contributed by atoms with van der Waals surface area (Å²) in [4.78, 5) is 17.2. The molecule has 1 saturated carbocycles. The van der Waals surface area contributed by atoms with Crippen LogP contribution in [0.25, 0.3) is 0 Å². The van der Waals surface area contributed by atoms with E-state index in [0.29, 0.717) is 10.7 Å². The molecule has 0 saturated heterocycles. The first-order valence-electron chi connectivity index (χ1n) is 7.60. The standard InChI is InChI=1S/C16H23N3OS/c1-12-8-7-9-13(18-12)14(20)19-16(15(17)21)10-5-3-2-4-6-11-16/h7-9H,2-6,10-11H2,1H3,(H2,17,21)(H,19,20). The van der Waals surface area contributed by atoms with Gasteiger partial charge in [0.05, 0.1) is 10.5 Å². The fourth-order valence-electron chi connectivity index (χ4n) is 2.89. The van der Waals surface area contributed by atoms with Gasteiger partial charge >= 0.3 is 0 Å². The highest BCUT2D eigenvalue weighted by molar-refractivity contribution is 7.80. The number of hydrogen-bond donors (Lipinski definition) is 2. The Kier molecular flexibility index (Phi) is 5.28. The van der Waals surface area contributed by atoms with E-state index in [2.05, 4.69) is 10.3 Å². The van der Waals surface area contributed by atoms with Gasteiger partial charge in [-0.1, -0.05) is 50.4 Å². The van der Waals surface area contributed by atoms with Crippen molar-refractivity contribution >= 4 is 23.1 Å². The number of carbonyl (C=O) groups is 1. The molecule has 0 spiro atoms. The van der Waals surface area contributed by atoms with Gasteiger partial charge in [-0.05, 0) is 31.9 Å². The van der Waals surface area contributed by atoms with E-state index < -0.39 is 5.54 Å². The minimum Gasteiger partial charge on any atom is -0.391 e. The predicted octanol–water partition coefficient (Wildman–Crippen LogP) is 2.89. The molecule has 0 atom stereocenters. The molecule has 1 aliphatic carbocycles. The van der Waals surface area contributed by atoms with Crippen molar-refractivity contribution in [1.82, 2.24) is 10.3 Å². The number of rotatable bonds is 3. The number of amides is 1. The van der Waals surface area contributed by atoms with Gasteiger partial charge in [-0.25, -0.2) is 4.98 Å². The van der Waals surface area contributed by atoms with Crippen LogP contribution in [0.5, 0.6) is 0 Å². The molecule has 0 radical (unpaired) electrons. The lowest BCUT2D eigenvalue weighted by Gasteiger charge is -2.35. The summed E-state index contributed by atoms with van der Waals surface area (Å²) in [5.74, 6) is -0.188. The zero-order valence-corrected chi connectivity index (χ0v) is 13.3. The molecule has 2 rings (SSSR count). The van der Waals surface area contributed by atoms with Gasteiger partial charge < -0.3 is 11.1 Å². The summed E-state index contributed by atoms with van der Waals surface area (Å²) in [5, 5.41) is 3.08. The summed E-state index contributed by atoms with van der Waals surface area (Å²) in [6, 6.07) is 5.43. The van der Waals surface area contributed by atoms with E-state index in [0.717, 1.165) is 31.4 Å². The lowest BCUT2D eigenvalue weighted by Crippen LogP contribution is -2.57. The highest BCUT2D eigenvalue weighted by Crippen LogP contribution is 2.27. The number of pyridine rings is 1. The van der Waals surface area contributed by atoms with Crippen molar-refractivity contribution in [3.05, 3.63) is 29.6 Å². The Balaban J connectivity index is 2.18. The zero-order chi connectivity index (χ0) is 15.3. The molecule has 1 aromatic heterocycles. The Labute approximate surface area is 131 Å². The molecule has 1 amide bonds. The van der Waals surface area contributed by atoms with Crippen LogP contribution in [-0.4, -0.2) is 21.4 Å². The third-order valence-corrected chi connectivity index (χ3v) is 4.54. The fourth-order valence-corrected chi connectivity index (χ4v) is 3.15. The molecule has 1 fully saturated rings. The minimum absolute atomic E-state index is 0.188. The summed E-state index contributed by atoms with van der Waals surface area (Å²) in [5.41, 5.74) is 6.67. The molecule has 5 heteroatoms. The molecule has 0 aromatic carbocycles. The molecule has 0 unspecified atom stereocenters. The van der Waals surface area contributed by atoms with Crippen LogP contribution in [-0.2, 0) is 0 Å². The van der Waals surface area contributed by atoms with E-state index >= 15 is 0 Å². The summed E-state index contributed by atoms with van der Waals surface area (Å²) in [7, 11) is 0. The number of nitrogens with one attached hydrogen (secondary N) is 1. The van der Waals surface area contributed by atoms with Crippen molar-refractivity contribution in [2.75, 3.05) is 0 Å². The van der Waals surface area contributed by atoms with Gasteiger partial charge in [0.25, 0.3) is 5.91 Å². The molecule has 1 aliphatic rings. The number of nitrogens with zero attached hydrogens (tertiary/aromatic N) is 1. The summed E-state index contributed by atoms with van der Waals surface area (Å²) in [6.45, 7) is 1.87. The zero-order valence-electron chi connectivity index (χ0n) is 12.5. The number of carbonyl (C=O) groups excluding carboxylic acids is 1. The summed E-state index contributed by atoms with van der Waals surface area (Å²) < 4.78 is 0. The van der Waals surface area contributed by atoms with E-state index in [1.54, 1.807) is 6.07 Å². The van der Waals surface area contributed by atoms with Crippen molar-refractivity contribution in [1.29, 1.82) is 0 Å². The number of nitrogens with two attached hydrogens (primary N) is 1. The molecular formula is C16H23N3OS. The maximum atomic E-state index is 12.5. The van der Waals surface area contributed by atoms with Crippen LogP contribution < -0.4 is 11.1 Å². The van der Waals surface area contributed by atoms with Crippen LogP contribution in [0.4, 0.5) is 0 Å². The predicted molar refractivity (Wildman–Crippen MR) is 88.3 cm³/mol. The molecule has 3 N–H and O–H groups in total. The average molecular weight is 305 g/mol. The number of hydrogen-bond acceptors (Lipinski definition) is 3. The van der Waals surface area contributed by atoms with Crippen LogP contribution in [0.1, 0.15) is 61.1 Å². The first kappa shape index (κ1) is 15.9. The van der Waals surface area contributed by atoms with E-state index in [4.69, 9.17) is 18.0 Å². The van der Waals surface area contributed by atoms with Crippen LogP contribution in [0.15, 0.2) is 18.2 Å². The Bertz CT molecular complexity index is 522. The topological polar surface area (TPSA) is 68.0 Å². The summed E-state index contributed by atoms with van der Waals surface area (Å²) >= 11 is 5.27. The second-order valence-electron chi connectivity index (χ2n) is 5.83. The molecular weight excluding hydrogens is 282 g/mol. The quantitative estimate of drug-likeness (QED) is 0.843. The SMILES string of the molecule is Cc1cccc(C(=O)NC2(C(N)=S)CCCCCCC2)n1. The Hall–Kier alpha value is -1.49. The van der Waals surface area contributed by atoms with Gasteiger partial charge in [0, 0.05) is 5.69 Å². The second kappa shape index (κ2) is 6.98. The maximum Gasteiger partial charge on any atom is 0.270 e. The van der Waals surface area contributed by atoms with Crippen molar-refractivity contribution in [2.24, 2.45) is 5.73 Å². The summed E-state index contributed by atoms with van der Waals surface area (Å²) in [6.07, 6.45) is 7.31. The first-order valence-corrected chi connectivity index (χ1v) is 8.00. The lowest BCUT2D eigenvalue weighted by molar-refractivity contribution is 0.0907. The number of thiocarbonyl (C=S) groups is 1. The molecule has 21 heavy (non-hydrogen) atoms. The van der Waals surface area contributed by atoms with Crippen molar-refractivity contribution < 1.29 is 4.79 Å². The first-order chi connectivity index (χ1) is 10.0. The monoisotopic (exact) mass is 305 g/mol. The normalized spacial score (nSPS) is 18.3. The van der Waals surface area contributed by atoms with Gasteiger partial charge in [0.15, 0.2) is 0 Å². The van der Waals surface area contributed by atoms with Crippen LogP contribution in [0.2, 0.25) is 0 Å². The van der Waals surface area contributed by atoms with E-state index in [-0.39, 0.29) is 5.91 Å². The third kappa shape index (κ3) is 4.00. The maximum absolute atomic E-state index is 12.5. The van der Waals surface area contributed by atoms with E-state index in [9.17, 15) is 4.79 Å². The molecule has 0 aliphatic heterocycles. The van der Waals surface area contributed by atoms with E-state index in [1.807, 2.05) is 19.1 Å². The molecule has 1 heterocycles. The van der Waals surface area contributed by atoms with Gasteiger partial charge in [-0.3, -0.25) is 4.79 Å². The fraction of sp³-hybridized carbons (Fsp3) is 0.562. The highest BCUT2D eigenvalue weighted by Gasteiger charge is 2.35. The Morgan fingerprint density at radius 3 is 2.43 bits per heavy atom. The van der Waals surface area contributed by atoms with Crippen molar-refractivity contribution in [3.63, 3.8) is 0 Å². The van der Waals surface area contributed by atoms with Gasteiger partial charge in [-0.2, -0.15) is 0 Å². The smallest absolute Gasteiger partial charge is 0.270 e. The second-order valence-corrected chi connectivity index (χ2v) is 6.27. The average Bonchev–Trinajstić information content (AvgIpc) is 2.41. The molecule has 114 valence electrons. The highest BCUT2D eigenvalue weighted by atomic mass is 32.1. The van der Waals surface area contributed by atoms with Crippen molar-refractivity contribution in [3.8, 4) is 0 Å².